The van der Waals surface area contributed by atoms with Crippen LogP contribution in [0.25, 0.3) is 0 Å². The molecule has 0 aliphatic carbocycles. The molecule has 0 unspecified atom stereocenters. The van der Waals surface area contributed by atoms with Crippen molar-refractivity contribution in [2.24, 2.45) is 0 Å². The summed E-state index contributed by atoms with van der Waals surface area (Å²) >= 11 is 3.37. The second-order valence-electron chi connectivity index (χ2n) is 4.67. The van der Waals surface area contributed by atoms with Crippen LogP contribution in [0, 0.1) is 0 Å². The molecule has 0 aromatic heterocycles. The van der Waals surface area contributed by atoms with Crippen molar-refractivity contribution in [3.05, 3.63) is 47.5 Å². The predicted octanol–water partition coefficient (Wildman–Crippen LogP) is 3.79. The number of methoxy groups -OCH3 is 4. The minimum Gasteiger partial charge on any atom is -0.493 e. The van der Waals surface area contributed by atoms with E-state index in [1.54, 1.807) is 46.6 Å². The normalized spacial score (nSPS) is 9.58. The van der Waals surface area contributed by atoms with Crippen molar-refractivity contribution in [3.8, 4) is 23.0 Å². The summed E-state index contributed by atoms with van der Waals surface area (Å²) in [5, 5.41) is 9.65. The van der Waals surface area contributed by atoms with Gasteiger partial charge in [-0.25, -0.2) is 0 Å². The highest BCUT2D eigenvalue weighted by molar-refractivity contribution is 9.08. The van der Waals surface area contributed by atoms with E-state index in [9.17, 15) is 0 Å². The van der Waals surface area contributed by atoms with Gasteiger partial charge in [-0.3, -0.25) is 0 Å². The van der Waals surface area contributed by atoms with Crippen LogP contribution in [0.3, 0.4) is 0 Å². The summed E-state index contributed by atoms with van der Waals surface area (Å²) in [7, 11) is 6.41. The quantitative estimate of drug-likeness (QED) is 0.749. The first-order chi connectivity index (χ1) is 11.6. The Kier molecular flexibility index (Phi) is 9.04. The maximum Gasteiger partial charge on any atom is 0.161 e. The maximum absolute atomic E-state index is 8.82. The van der Waals surface area contributed by atoms with Gasteiger partial charge < -0.3 is 24.1 Å². The zero-order valence-electron chi connectivity index (χ0n) is 14.3. The summed E-state index contributed by atoms with van der Waals surface area (Å²) in [6, 6.07) is 11.2. The second kappa shape index (κ2) is 10.8. The van der Waals surface area contributed by atoms with E-state index in [2.05, 4.69) is 15.9 Å². The molecule has 0 spiro atoms. The lowest BCUT2D eigenvalue weighted by atomic mass is 10.2. The molecule has 1 N–H and O–H groups in total. The molecule has 2 rings (SSSR count). The van der Waals surface area contributed by atoms with Crippen molar-refractivity contribution >= 4 is 15.9 Å². The third-order valence-corrected chi connectivity index (χ3v) is 3.88. The number of rotatable bonds is 6. The van der Waals surface area contributed by atoms with E-state index in [0.29, 0.717) is 11.5 Å². The van der Waals surface area contributed by atoms with E-state index in [-0.39, 0.29) is 6.61 Å². The lowest BCUT2D eigenvalue weighted by Crippen LogP contribution is -1.92. The standard InChI is InChI=1S/C9H11BrO2.C9H12O3/c2*1-11-8-4-3-7(6-10)5-9(8)12-2/h3-5H,6H2,1-2H3;3-5,10H,6H2,1-2H3. The Bertz CT molecular complexity index is 575. The average Bonchev–Trinajstić information content (AvgIpc) is 2.67. The highest BCUT2D eigenvalue weighted by atomic mass is 79.9. The molecule has 5 nitrogen and oxygen atoms in total. The molecule has 0 saturated carbocycles. The topological polar surface area (TPSA) is 57.2 Å². The molecule has 0 aliphatic heterocycles. The van der Waals surface area contributed by atoms with Crippen LogP contribution in [0.2, 0.25) is 0 Å². The number of aliphatic hydroxyl groups is 1. The molecule has 0 saturated heterocycles. The second-order valence-corrected chi connectivity index (χ2v) is 5.23. The average molecular weight is 399 g/mol. The minimum atomic E-state index is 0.0142. The molecular formula is C18H23BrO5. The SMILES string of the molecule is COc1ccc(CBr)cc1OC.COc1ccc(CO)cc1OC. The number of hydrogen-bond donors (Lipinski definition) is 1. The summed E-state index contributed by atoms with van der Waals surface area (Å²) in [6.07, 6.45) is 0. The van der Waals surface area contributed by atoms with E-state index in [4.69, 9.17) is 24.1 Å². The van der Waals surface area contributed by atoms with Gasteiger partial charge >= 0.3 is 0 Å². The lowest BCUT2D eigenvalue weighted by molar-refractivity contribution is 0.280. The number of halogens is 1. The van der Waals surface area contributed by atoms with Crippen LogP contribution in [-0.2, 0) is 11.9 Å². The Labute approximate surface area is 151 Å². The predicted molar refractivity (Wildman–Crippen MR) is 97.6 cm³/mol. The van der Waals surface area contributed by atoms with Gasteiger partial charge in [-0.15, -0.1) is 0 Å². The van der Waals surface area contributed by atoms with Crippen LogP contribution in [0.15, 0.2) is 36.4 Å². The molecule has 6 heteroatoms. The van der Waals surface area contributed by atoms with Gasteiger partial charge in [-0.1, -0.05) is 28.1 Å². The van der Waals surface area contributed by atoms with Crippen molar-refractivity contribution in [2.45, 2.75) is 11.9 Å². The van der Waals surface area contributed by atoms with Gasteiger partial charge in [0, 0.05) is 5.33 Å². The van der Waals surface area contributed by atoms with Crippen molar-refractivity contribution < 1.29 is 24.1 Å². The van der Waals surface area contributed by atoms with E-state index < -0.39 is 0 Å². The van der Waals surface area contributed by atoms with Crippen molar-refractivity contribution in [1.82, 2.24) is 0 Å². The van der Waals surface area contributed by atoms with Gasteiger partial charge in [0.1, 0.15) is 0 Å². The van der Waals surface area contributed by atoms with Crippen molar-refractivity contribution in [1.29, 1.82) is 0 Å². The van der Waals surface area contributed by atoms with Crippen LogP contribution in [-0.4, -0.2) is 33.5 Å². The van der Waals surface area contributed by atoms with Crippen molar-refractivity contribution in [3.63, 3.8) is 0 Å². The first-order valence-electron chi connectivity index (χ1n) is 7.22. The fraction of sp³-hybridized carbons (Fsp3) is 0.333. The Morgan fingerprint density at radius 1 is 0.708 bits per heavy atom. The summed E-state index contributed by atoms with van der Waals surface area (Å²) in [4.78, 5) is 0. The molecule has 0 atom stereocenters. The van der Waals surface area contributed by atoms with E-state index in [1.165, 1.54) is 5.56 Å². The first kappa shape index (κ1) is 20.1. The van der Waals surface area contributed by atoms with Gasteiger partial charge in [-0.05, 0) is 35.4 Å². The molecule has 0 aliphatic rings. The molecule has 0 fully saturated rings. The Hall–Kier alpha value is -1.92. The molecule has 24 heavy (non-hydrogen) atoms. The third-order valence-electron chi connectivity index (χ3n) is 3.23. The molecule has 0 bridgehead atoms. The van der Waals surface area contributed by atoms with Crippen LogP contribution in [0.1, 0.15) is 11.1 Å². The zero-order chi connectivity index (χ0) is 17.9. The highest BCUT2D eigenvalue weighted by Gasteiger charge is 2.03. The molecular weight excluding hydrogens is 376 g/mol. The minimum absolute atomic E-state index is 0.0142. The summed E-state index contributed by atoms with van der Waals surface area (Å²) in [5.74, 6) is 2.86. The van der Waals surface area contributed by atoms with Crippen molar-refractivity contribution in [2.75, 3.05) is 28.4 Å². The van der Waals surface area contributed by atoms with Crippen LogP contribution >= 0.6 is 15.9 Å². The lowest BCUT2D eigenvalue weighted by Gasteiger charge is -2.07. The van der Waals surface area contributed by atoms with Gasteiger partial charge in [-0.2, -0.15) is 0 Å². The monoisotopic (exact) mass is 398 g/mol. The van der Waals surface area contributed by atoms with Crippen LogP contribution < -0.4 is 18.9 Å². The summed E-state index contributed by atoms with van der Waals surface area (Å²) < 4.78 is 20.3. The molecule has 0 radical (unpaired) electrons. The number of ether oxygens (including phenoxy) is 4. The Morgan fingerprint density at radius 2 is 1.12 bits per heavy atom. The highest BCUT2D eigenvalue weighted by Crippen LogP contribution is 2.28. The van der Waals surface area contributed by atoms with Gasteiger partial charge in [0.05, 0.1) is 35.0 Å². The smallest absolute Gasteiger partial charge is 0.161 e. The van der Waals surface area contributed by atoms with Crippen LogP contribution in [0.4, 0.5) is 0 Å². The molecule has 0 heterocycles. The fourth-order valence-electron chi connectivity index (χ4n) is 1.94. The zero-order valence-corrected chi connectivity index (χ0v) is 15.9. The Balaban J connectivity index is 0.000000240. The van der Waals surface area contributed by atoms with Crippen LogP contribution in [0.5, 0.6) is 23.0 Å². The maximum atomic E-state index is 8.82. The number of aliphatic hydroxyl groups excluding tert-OH is 1. The molecule has 0 amide bonds. The first-order valence-corrected chi connectivity index (χ1v) is 8.34. The summed E-state index contributed by atoms with van der Waals surface area (Å²) in [6.45, 7) is 0.0142. The largest absolute Gasteiger partial charge is 0.493 e. The third kappa shape index (κ3) is 5.62. The fourth-order valence-corrected chi connectivity index (χ4v) is 2.29. The molecule has 2 aromatic carbocycles. The van der Waals surface area contributed by atoms with Gasteiger partial charge in [0.2, 0.25) is 0 Å². The molecule has 2 aromatic rings. The summed E-state index contributed by atoms with van der Waals surface area (Å²) in [5.41, 5.74) is 1.99. The van der Waals surface area contributed by atoms with E-state index >= 15 is 0 Å². The number of benzene rings is 2. The number of alkyl halides is 1. The van der Waals surface area contributed by atoms with Gasteiger partial charge in [0.15, 0.2) is 23.0 Å². The number of hydrogen-bond acceptors (Lipinski definition) is 5. The molecule has 132 valence electrons. The van der Waals surface area contributed by atoms with Gasteiger partial charge in [0.25, 0.3) is 0 Å². The van der Waals surface area contributed by atoms with E-state index in [0.717, 1.165) is 22.4 Å². The van der Waals surface area contributed by atoms with E-state index in [1.807, 2.05) is 18.2 Å². The Morgan fingerprint density at radius 3 is 1.50 bits per heavy atom.